The highest BCUT2D eigenvalue weighted by molar-refractivity contribution is 8.00. The molecule has 0 saturated carbocycles. The Morgan fingerprint density at radius 1 is 1.34 bits per heavy atom. The molecular weight excluding hydrogens is 434 g/mol. The van der Waals surface area contributed by atoms with Crippen molar-refractivity contribution in [1.82, 2.24) is 14.9 Å². The maximum absolute atomic E-state index is 12.8. The Kier molecular flexibility index (Phi) is 5.83. The smallest absolute Gasteiger partial charge is 0.352 e. The van der Waals surface area contributed by atoms with Crippen LogP contribution in [0.3, 0.4) is 0 Å². The minimum Gasteiger partial charge on any atom is -0.477 e. The summed E-state index contributed by atoms with van der Waals surface area (Å²) in [6, 6.07) is 7.35. The average molecular weight is 458 g/mol. The number of aromatic nitrogens is 2. The quantitative estimate of drug-likeness (QED) is 0.421. The Bertz CT molecular complexity index is 1090. The first kappa shape index (κ1) is 21.8. The summed E-state index contributed by atoms with van der Waals surface area (Å²) in [4.78, 5) is 46.4. The number of esters is 1. The zero-order valence-electron chi connectivity index (χ0n) is 17.8. The number of aliphatic carboxylic acids is 1. The molecule has 168 valence electrons. The largest absolute Gasteiger partial charge is 0.477 e. The third-order valence-corrected chi connectivity index (χ3v) is 6.60. The van der Waals surface area contributed by atoms with Crippen molar-refractivity contribution in [2.75, 3.05) is 36.7 Å². The van der Waals surface area contributed by atoms with Gasteiger partial charge in [-0.3, -0.25) is 14.5 Å². The first-order valence-electron chi connectivity index (χ1n) is 9.89. The number of carbonyl (C=O) groups is 3. The number of amides is 1. The summed E-state index contributed by atoms with van der Waals surface area (Å²) in [5, 5.41) is 12.3. The van der Waals surface area contributed by atoms with Crippen LogP contribution in [0.25, 0.3) is 11.3 Å². The van der Waals surface area contributed by atoms with Gasteiger partial charge in [0.1, 0.15) is 23.7 Å². The summed E-state index contributed by atoms with van der Waals surface area (Å²) >= 11 is 1.42. The van der Waals surface area contributed by atoms with Gasteiger partial charge in [0, 0.05) is 38.0 Å². The number of hydrogen-bond donors (Lipinski definition) is 3. The van der Waals surface area contributed by atoms with Crippen LogP contribution in [0.4, 0.5) is 11.6 Å². The number of rotatable bonds is 7. The fraction of sp³-hybridized carbons (Fsp3) is 0.333. The molecule has 10 nitrogen and oxygen atoms in total. The molecule has 11 heteroatoms. The number of fused-ring (bicyclic) bond motifs is 1. The monoisotopic (exact) mass is 457 g/mol. The number of carboxylic acids is 1. The van der Waals surface area contributed by atoms with Gasteiger partial charge in [-0.1, -0.05) is 12.1 Å². The number of thioether (sulfide) groups is 1. The fourth-order valence-corrected chi connectivity index (χ4v) is 4.94. The molecule has 0 bridgehead atoms. The fourth-order valence-electron chi connectivity index (χ4n) is 3.61. The number of carboxylic acid groups (broad SMARTS) is 1. The SMILES string of the molecule is CC(=O)OCC1=C(C(=O)O)N2C(=O)C(Nc3ncc(-c4ccc(N(C)C)cc4)[nH]3)[C@@H]2SC1. The van der Waals surface area contributed by atoms with Crippen LogP contribution in [0.2, 0.25) is 0 Å². The lowest BCUT2D eigenvalue weighted by molar-refractivity contribution is -0.147. The Morgan fingerprint density at radius 3 is 2.69 bits per heavy atom. The van der Waals surface area contributed by atoms with Gasteiger partial charge in [-0.2, -0.15) is 0 Å². The van der Waals surface area contributed by atoms with Crippen LogP contribution in [0.15, 0.2) is 41.7 Å². The molecule has 1 aromatic heterocycles. The van der Waals surface area contributed by atoms with E-state index in [9.17, 15) is 19.5 Å². The molecule has 1 unspecified atom stereocenters. The molecule has 32 heavy (non-hydrogen) atoms. The number of β-lactam (4-membered cyclic amide) rings is 1. The number of anilines is 2. The molecule has 1 fully saturated rings. The average Bonchev–Trinajstić information content (AvgIpc) is 3.24. The Morgan fingerprint density at radius 2 is 2.06 bits per heavy atom. The molecule has 2 aliphatic rings. The summed E-state index contributed by atoms with van der Waals surface area (Å²) in [6.45, 7) is 1.11. The molecule has 3 heterocycles. The molecule has 0 spiro atoms. The van der Waals surface area contributed by atoms with E-state index >= 15 is 0 Å². The molecule has 1 amide bonds. The van der Waals surface area contributed by atoms with Gasteiger partial charge in [0.05, 0.1) is 11.9 Å². The second-order valence-electron chi connectivity index (χ2n) is 7.66. The number of imidazole rings is 1. The number of benzene rings is 1. The van der Waals surface area contributed by atoms with Crippen LogP contribution >= 0.6 is 11.8 Å². The first-order valence-corrected chi connectivity index (χ1v) is 10.9. The minimum atomic E-state index is -1.22. The van der Waals surface area contributed by atoms with Crippen molar-refractivity contribution in [2.24, 2.45) is 0 Å². The second kappa shape index (κ2) is 8.58. The maximum Gasteiger partial charge on any atom is 0.352 e. The third-order valence-electron chi connectivity index (χ3n) is 5.26. The van der Waals surface area contributed by atoms with E-state index in [4.69, 9.17) is 4.74 Å². The first-order chi connectivity index (χ1) is 15.3. The lowest BCUT2D eigenvalue weighted by Crippen LogP contribution is -2.67. The second-order valence-corrected chi connectivity index (χ2v) is 8.76. The van der Waals surface area contributed by atoms with Gasteiger partial charge in [0.2, 0.25) is 5.95 Å². The molecule has 1 aromatic carbocycles. The topological polar surface area (TPSA) is 128 Å². The van der Waals surface area contributed by atoms with E-state index in [0.29, 0.717) is 17.3 Å². The highest BCUT2D eigenvalue weighted by Gasteiger charge is 2.54. The van der Waals surface area contributed by atoms with E-state index in [0.717, 1.165) is 16.9 Å². The molecule has 2 atom stereocenters. The van der Waals surface area contributed by atoms with Crippen molar-refractivity contribution in [2.45, 2.75) is 18.3 Å². The number of H-pyrrole nitrogens is 1. The van der Waals surface area contributed by atoms with Gasteiger partial charge in [0.25, 0.3) is 5.91 Å². The highest BCUT2D eigenvalue weighted by Crippen LogP contribution is 2.41. The number of aromatic amines is 1. The lowest BCUT2D eigenvalue weighted by Gasteiger charge is -2.49. The van der Waals surface area contributed by atoms with Crippen LogP contribution in [0, 0.1) is 0 Å². The highest BCUT2D eigenvalue weighted by atomic mass is 32.2. The van der Waals surface area contributed by atoms with Crippen LogP contribution in [0.5, 0.6) is 0 Å². The van der Waals surface area contributed by atoms with Gasteiger partial charge >= 0.3 is 11.9 Å². The summed E-state index contributed by atoms with van der Waals surface area (Å²) in [6.07, 6.45) is 1.68. The van der Waals surface area contributed by atoms with Crippen LogP contribution in [-0.4, -0.2) is 75.7 Å². The predicted molar refractivity (Wildman–Crippen MR) is 120 cm³/mol. The molecule has 2 aromatic rings. The summed E-state index contributed by atoms with van der Waals surface area (Å²) in [7, 11) is 3.94. The number of ether oxygens (including phenoxy) is 1. The number of carbonyl (C=O) groups excluding carboxylic acids is 2. The van der Waals surface area contributed by atoms with Crippen molar-refractivity contribution in [3.05, 3.63) is 41.7 Å². The molecule has 4 rings (SSSR count). The van der Waals surface area contributed by atoms with Gasteiger partial charge < -0.3 is 25.0 Å². The summed E-state index contributed by atoms with van der Waals surface area (Å²) in [5.74, 6) is -1.31. The molecular formula is C21H23N5O5S. The molecule has 1 saturated heterocycles. The van der Waals surface area contributed by atoms with Gasteiger partial charge in [-0.25, -0.2) is 9.78 Å². The molecule has 2 aliphatic heterocycles. The Balaban J connectivity index is 1.47. The molecule has 0 aliphatic carbocycles. The van der Waals surface area contributed by atoms with E-state index in [-0.39, 0.29) is 23.6 Å². The van der Waals surface area contributed by atoms with Crippen LogP contribution in [0.1, 0.15) is 6.92 Å². The van der Waals surface area contributed by atoms with Gasteiger partial charge in [-0.15, -0.1) is 11.8 Å². The zero-order valence-corrected chi connectivity index (χ0v) is 18.6. The number of nitrogens with one attached hydrogen (secondary N) is 2. The molecule has 0 radical (unpaired) electrons. The van der Waals surface area contributed by atoms with Gasteiger partial charge in [-0.05, 0) is 17.7 Å². The number of nitrogens with zero attached hydrogens (tertiary/aromatic N) is 3. The van der Waals surface area contributed by atoms with Gasteiger partial charge in [0.15, 0.2) is 0 Å². The summed E-state index contributed by atoms with van der Waals surface area (Å²) in [5.41, 5.74) is 3.13. The van der Waals surface area contributed by atoms with Crippen molar-refractivity contribution < 1.29 is 24.2 Å². The van der Waals surface area contributed by atoms with E-state index in [1.54, 1.807) is 6.20 Å². The standard InChI is InChI=1S/C21H23N5O5S/c1-11(27)31-9-13-10-32-19-16(18(28)26(19)17(13)20(29)30)24-21-22-8-15(23-21)12-4-6-14(7-5-12)25(2)3/h4-8,16,19H,9-10H2,1-3H3,(H,29,30)(H2,22,23,24)/t16?,19-/m0/s1. The third kappa shape index (κ3) is 4.03. The van der Waals surface area contributed by atoms with E-state index in [1.807, 2.05) is 43.3 Å². The minimum absolute atomic E-state index is 0.112. The normalized spacial score (nSPS) is 19.8. The van der Waals surface area contributed by atoms with E-state index in [1.165, 1.54) is 23.6 Å². The maximum atomic E-state index is 12.8. The summed E-state index contributed by atoms with van der Waals surface area (Å²) < 4.78 is 4.95. The Hall–Kier alpha value is -3.47. The number of hydrogen-bond acceptors (Lipinski definition) is 8. The van der Waals surface area contributed by atoms with E-state index in [2.05, 4.69) is 15.3 Å². The zero-order chi connectivity index (χ0) is 23.0. The van der Waals surface area contributed by atoms with Crippen molar-refractivity contribution in [1.29, 1.82) is 0 Å². The lowest BCUT2D eigenvalue weighted by atomic mass is 10.0. The van der Waals surface area contributed by atoms with Crippen molar-refractivity contribution >= 4 is 41.2 Å². The van der Waals surface area contributed by atoms with Crippen molar-refractivity contribution in [3.63, 3.8) is 0 Å². The van der Waals surface area contributed by atoms with Crippen molar-refractivity contribution in [3.8, 4) is 11.3 Å². The Labute approximate surface area is 188 Å². The van der Waals surface area contributed by atoms with Crippen LogP contribution in [-0.2, 0) is 19.1 Å². The van der Waals surface area contributed by atoms with Crippen LogP contribution < -0.4 is 10.2 Å². The predicted octanol–water partition coefficient (Wildman–Crippen LogP) is 1.74. The molecule has 3 N–H and O–H groups in total. The van der Waals surface area contributed by atoms with E-state index < -0.39 is 18.0 Å².